The van der Waals surface area contributed by atoms with Crippen molar-refractivity contribution < 1.29 is 137 Å². The molecule has 0 bridgehead atoms. The third-order valence-electron chi connectivity index (χ3n) is 1.57. The van der Waals surface area contributed by atoms with E-state index in [0.717, 1.165) is 0 Å². The zero-order chi connectivity index (χ0) is 11.6. The van der Waals surface area contributed by atoms with Gasteiger partial charge in [-0.1, -0.05) is 13.8 Å². The molecule has 0 aromatic carbocycles. The molecule has 7 nitrogen and oxygen atoms in total. The van der Waals surface area contributed by atoms with Crippen molar-refractivity contribution in [1.29, 1.82) is 0 Å². The Kier molecular flexibility index (Phi) is 14.4. The van der Waals surface area contributed by atoms with Crippen molar-refractivity contribution in [2.45, 2.75) is 20.0 Å². The molecule has 2 N–H and O–H groups in total. The van der Waals surface area contributed by atoms with Crippen molar-refractivity contribution in [1.82, 2.24) is 0 Å². The van der Waals surface area contributed by atoms with Crippen LogP contribution in [0.15, 0.2) is 0 Å². The Hall–Kier alpha value is 2.81. The minimum Gasteiger partial charge on any atom is -0.780 e. The van der Waals surface area contributed by atoms with Crippen molar-refractivity contribution in [3.63, 3.8) is 0 Å². The number of phosphoric acid groups is 1. The zero-order valence-electron chi connectivity index (χ0n) is 9.67. The van der Waals surface area contributed by atoms with Crippen LogP contribution in [-0.4, -0.2) is 28.9 Å². The summed E-state index contributed by atoms with van der Waals surface area (Å²) in [6.45, 7) is 2.05. The van der Waals surface area contributed by atoms with Crippen LogP contribution in [0, 0.1) is 5.41 Å². The normalized spacial score (nSPS) is 13.1. The van der Waals surface area contributed by atoms with Gasteiger partial charge < -0.3 is 29.1 Å². The molecule has 0 aromatic heterocycles. The number of carbonyl (C=O) groups excluding carboxylic acids is 1. The molecule has 0 aliphatic heterocycles. The van der Waals surface area contributed by atoms with E-state index in [9.17, 15) is 24.3 Å². The summed E-state index contributed by atoms with van der Waals surface area (Å²) >= 11 is 0. The minimum atomic E-state index is -5.45. The van der Waals surface area contributed by atoms with E-state index in [1.165, 1.54) is 13.8 Å². The van der Waals surface area contributed by atoms with Gasteiger partial charge in [0.05, 0.1) is 6.61 Å². The molecule has 0 fully saturated rings. The third-order valence-corrected chi connectivity index (χ3v) is 1.98. The fraction of sp³-hybridized carbons (Fsp3) is 0.833. The number of hydrogen-bond acceptors (Lipinski definition) is 7. The number of carbonyl (C=O) groups is 1. The Morgan fingerprint density at radius 3 is 2.06 bits per heavy atom. The summed E-state index contributed by atoms with van der Waals surface area (Å²) in [7, 11) is -5.45. The maximum absolute atomic E-state index is 10.8. The van der Waals surface area contributed by atoms with E-state index in [1.807, 2.05) is 0 Å². The molecule has 0 aromatic rings. The van der Waals surface area contributed by atoms with Crippen LogP contribution in [0.25, 0.3) is 0 Å². The zero-order valence-corrected chi connectivity index (χ0v) is 16.8. The van der Waals surface area contributed by atoms with Crippen molar-refractivity contribution in [3.8, 4) is 0 Å². The summed E-state index contributed by atoms with van der Waals surface area (Å²) in [6, 6.07) is 0. The first-order chi connectivity index (χ1) is 6.10. The fourth-order valence-electron chi connectivity index (χ4n) is 0.566. The topological polar surface area (TPSA) is 130 Å². The molecule has 0 saturated heterocycles. The molecule has 0 spiro atoms. The number of phosphoric ester groups is 1. The second-order valence-electron chi connectivity index (χ2n) is 3.41. The van der Waals surface area contributed by atoms with Crippen LogP contribution in [0.5, 0.6) is 0 Å². The van der Waals surface area contributed by atoms with Crippen LogP contribution >= 0.6 is 7.82 Å². The van der Waals surface area contributed by atoms with E-state index in [2.05, 4.69) is 4.52 Å². The third kappa shape index (κ3) is 9.70. The van der Waals surface area contributed by atoms with Gasteiger partial charge >= 0.3 is 109 Å². The molecule has 0 aliphatic carbocycles. The average Bonchev–Trinajstić information content (AvgIpc) is 2.00. The first-order valence-electron chi connectivity index (χ1n) is 3.64. The maximum atomic E-state index is 10.8. The smallest absolute Gasteiger partial charge is 0.780 e. The molecule has 84 valence electrons. The summed E-state index contributed by atoms with van der Waals surface area (Å²) < 4.78 is 13.4. The molecule has 0 radical (unpaired) electrons. The van der Waals surface area contributed by atoms with Crippen molar-refractivity contribution in [2.24, 2.45) is 5.41 Å². The van der Waals surface area contributed by atoms with Gasteiger partial charge in [-0.25, -0.2) is 4.79 Å². The van der Waals surface area contributed by atoms with Gasteiger partial charge in [-0.2, -0.15) is 0 Å². The number of aliphatic hydroxyl groups is 2. The Balaban J connectivity index is -0.000000845. The quantitative estimate of drug-likeness (QED) is 0.389. The molecule has 0 aliphatic rings. The van der Waals surface area contributed by atoms with Crippen molar-refractivity contribution in [3.05, 3.63) is 0 Å². The minimum absolute atomic E-state index is 0. The SMILES string of the molecule is CC(C)(CO)[C@@H](O)C(=O)OP(=O)([O-])[O-].[K+].[K+]. The Morgan fingerprint density at radius 1 is 1.44 bits per heavy atom. The maximum Gasteiger partial charge on any atom is 1.00 e. The van der Waals surface area contributed by atoms with Crippen LogP contribution in [-0.2, 0) is 13.9 Å². The summed E-state index contributed by atoms with van der Waals surface area (Å²) in [5.41, 5.74) is -1.27. The standard InChI is InChI=1S/C6H13O7P.2K/c1-6(2,3-7)4(8)5(9)13-14(10,11)12;;/h4,7-8H,3H2,1-2H3,(H2,10,11,12);;/q;2*+1/p-2/t4-;;/m0../s1. The number of rotatable bonds is 4. The summed E-state index contributed by atoms with van der Waals surface area (Å²) in [4.78, 5) is 30.8. The second kappa shape index (κ2) is 9.68. The van der Waals surface area contributed by atoms with Gasteiger partial charge in [-0.05, 0) is 0 Å². The molecular formula is C6H11K2O7P. The monoisotopic (exact) mass is 304 g/mol. The molecular weight excluding hydrogens is 293 g/mol. The number of hydrogen-bond donors (Lipinski definition) is 2. The van der Waals surface area contributed by atoms with E-state index in [1.54, 1.807) is 0 Å². The van der Waals surface area contributed by atoms with Crippen molar-refractivity contribution >= 4 is 13.8 Å². The van der Waals surface area contributed by atoms with Crippen LogP contribution in [0.1, 0.15) is 13.8 Å². The van der Waals surface area contributed by atoms with Gasteiger partial charge in [0.1, 0.15) is 7.82 Å². The molecule has 1 atom stereocenters. The summed E-state index contributed by atoms with van der Waals surface area (Å²) in [6.07, 6.45) is -1.87. The van der Waals surface area contributed by atoms with Crippen LogP contribution in [0.2, 0.25) is 0 Å². The number of aliphatic hydroxyl groups excluding tert-OH is 2. The van der Waals surface area contributed by atoms with Gasteiger partial charge in [0.2, 0.25) is 0 Å². The molecule has 0 rings (SSSR count). The van der Waals surface area contributed by atoms with Crippen LogP contribution in [0.4, 0.5) is 0 Å². The predicted octanol–water partition coefficient (Wildman–Crippen LogP) is -8.25. The molecule has 0 heterocycles. The van der Waals surface area contributed by atoms with Gasteiger partial charge in [-0.15, -0.1) is 0 Å². The molecule has 0 amide bonds. The Morgan fingerprint density at radius 2 is 1.81 bits per heavy atom. The first kappa shape index (κ1) is 23.9. The fourth-order valence-corrected chi connectivity index (χ4v) is 0.886. The van der Waals surface area contributed by atoms with Gasteiger partial charge in [0.25, 0.3) is 0 Å². The molecule has 0 saturated carbocycles. The second-order valence-corrected chi connectivity index (χ2v) is 4.48. The molecule has 0 unspecified atom stereocenters. The van der Waals surface area contributed by atoms with E-state index in [4.69, 9.17) is 5.11 Å². The van der Waals surface area contributed by atoms with Crippen LogP contribution < -0.4 is 113 Å². The first-order valence-corrected chi connectivity index (χ1v) is 5.10. The Labute approximate surface area is 178 Å². The van der Waals surface area contributed by atoms with E-state index < -0.39 is 31.9 Å². The summed E-state index contributed by atoms with van der Waals surface area (Å²) in [5.74, 6) is -1.59. The van der Waals surface area contributed by atoms with Crippen molar-refractivity contribution in [2.75, 3.05) is 6.61 Å². The molecule has 10 heteroatoms. The van der Waals surface area contributed by atoms with Gasteiger partial charge in [0, 0.05) is 5.41 Å². The van der Waals surface area contributed by atoms with E-state index in [-0.39, 0.29) is 103 Å². The predicted molar refractivity (Wildman–Crippen MR) is 40.6 cm³/mol. The van der Waals surface area contributed by atoms with E-state index >= 15 is 0 Å². The average molecular weight is 304 g/mol. The van der Waals surface area contributed by atoms with E-state index in [0.29, 0.717) is 0 Å². The largest absolute Gasteiger partial charge is 1.00 e. The molecule has 16 heavy (non-hydrogen) atoms. The van der Waals surface area contributed by atoms with Crippen LogP contribution in [0.3, 0.4) is 0 Å². The van der Waals surface area contributed by atoms with Gasteiger partial charge in [0.15, 0.2) is 6.10 Å². The Bertz CT molecular complexity index is 264. The van der Waals surface area contributed by atoms with Gasteiger partial charge in [-0.3, -0.25) is 0 Å². The summed E-state index contributed by atoms with van der Waals surface area (Å²) in [5, 5.41) is 17.9.